The van der Waals surface area contributed by atoms with Gasteiger partial charge in [-0.05, 0) is 30.7 Å². The summed E-state index contributed by atoms with van der Waals surface area (Å²) >= 11 is 0. The van der Waals surface area contributed by atoms with Crippen molar-refractivity contribution in [1.82, 2.24) is 10.2 Å². The standard InChI is InChI=1S/C21H15F2N3O5/c22-17(23)10-4-6-11(7-5-10)18(28)24-13-3-1-2-12-16(13)21(31)26(20(12)30)14-8-9-15(27)25-19(14)29/h1-7,14,17H,8-9H2,(H,24,28)(H,25,27,29). The van der Waals surface area contributed by atoms with Gasteiger partial charge in [0, 0.05) is 17.5 Å². The quantitative estimate of drug-likeness (QED) is 0.727. The number of nitrogens with one attached hydrogen (secondary N) is 2. The van der Waals surface area contributed by atoms with E-state index in [0.29, 0.717) is 0 Å². The van der Waals surface area contributed by atoms with Crippen LogP contribution >= 0.6 is 0 Å². The van der Waals surface area contributed by atoms with Crippen LogP contribution in [0.1, 0.15) is 55.9 Å². The van der Waals surface area contributed by atoms with Crippen LogP contribution in [-0.2, 0) is 9.59 Å². The molecular formula is C21H15F2N3O5. The molecule has 2 aliphatic rings. The van der Waals surface area contributed by atoms with Gasteiger partial charge in [0.1, 0.15) is 6.04 Å². The van der Waals surface area contributed by atoms with Crippen LogP contribution in [0.15, 0.2) is 42.5 Å². The Labute approximate surface area is 174 Å². The molecule has 0 aliphatic carbocycles. The first-order valence-electron chi connectivity index (χ1n) is 9.32. The van der Waals surface area contributed by atoms with Crippen molar-refractivity contribution in [2.24, 2.45) is 0 Å². The first kappa shape index (κ1) is 20.3. The van der Waals surface area contributed by atoms with Crippen molar-refractivity contribution in [1.29, 1.82) is 0 Å². The molecule has 5 amide bonds. The third-order valence-corrected chi connectivity index (χ3v) is 5.14. The number of benzene rings is 2. The molecule has 1 saturated heterocycles. The topological polar surface area (TPSA) is 113 Å². The average molecular weight is 427 g/mol. The van der Waals surface area contributed by atoms with Gasteiger partial charge in [-0.15, -0.1) is 0 Å². The summed E-state index contributed by atoms with van der Waals surface area (Å²) in [6, 6.07) is 7.84. The number of anilines is 1. The van der Waals surface area contributed by atoms with Gasteiger partial charge < -0.3 is 5.32 Å². The van der Waals surface area contributed by atoms with Gasteiger partial charge in [-0.3, -0.25) is 34.2 Å². The van der Waals surface area contributed by atoms with Crippen LogP contribution in [0.3, 0.4) is 0 Å². The van der Waals surface area contributed by atoms with Gasteiger partial charge in [-0.1, -0.05) is 18.2 Å². The summed E-state index contributed by atoms with van der Waals surface area (Å²) in [5.41, 5.74) is -0.164. The fraction of sp³-hybridized carbons (Fsp3) is 0.190. The molecule has 0 spiro atoms. The second-order valence-corrected chi connectivity index (χ2v) is 7.05. The van der Waals surface area contributed by atoms with Crippen molar-refractivity contribution in [2.45, 2.75) is 25.3 Å². The van der Waals surface area contributed by atoms with E-state index in [9.17, 15) is 32.8 Å². The number of hydrogen-bond acceptors (Lipinski definition) is 5. The summed E-state index contributed by atoms with van der Waals surface area (Å²) < 4.78 is 25.4. The van der Waals surface area contributed by atoms with Crippen LogP contribution in [0.25, 0.3) is 0 Å². The number of imide groups is 2. The van der Waals surface area contributed by atoms with Gasteiger partial charge in [0.05, 0.1) is 16.8 Å². The van der Waals surface area contributed by atoms with Gasteiger partial charge >= 0.3 is 0 Å². The molecule has 2 aromatic carbocycles. The number of fused-ring (bicyclic) bond motifs is 1. The van der Waals surface area contributed by atoms with Gasteiger partial charge in [0.2, 0.25) is 11.8 Å². The zero-order valence-electron chi connectivity index (χ0n) is 15.9. The molecule has 2 aliphatic heterocycles. The maximum atomic E-state index is 13.0. The molecule has 2 N–H and O–H groups in total. The normalized spacial score (nSPS) is 18.3. The summed E-state index contributed by atoms with van der Waals surface area (Å²) in [7, 11) is 0. The Balaban J connectivity index is 1.61. The van der Waals surface area contributed by atoms with Gasteiger partial charge in [-0.25, -0.2) is 8.78 Å². The van der Waals surface area contributed by atoms with Crippen LogP contribution in [0, 0.1) is 0 Å². The van der Waals surface area contributed by atoms with E-state index in [2.05, 4.69) is 10.6 Å². The second-order valence-electron chi connectivity index (χ2n) is 7.05. The van der Waals surface area contributed by atoms with Crippen molar-refractivity contribution in [3.05, 3.63) is 64.7 Å². The SMILES string of the molecule is O=C1CCC(N2C(=O)c3cccc(NC(=O)c4ccc(C(F)F)cc4)c3C2=O)C(=O)N1. The third-order valence-electron chi connectivity index (χ3n) is 5.14. The highest BCUT2D eigenvalue weighted by molar-refractivity contribution is 6.26. The lowest BCUT2D eigenvalue weighted by Crippen LogP contribution is -2.54. The Hall–Kier alpha value is -3.95. The fourth-order valence-corrected chi connectivity index (χ4v) is 3.59. The molecule has 0 aromatic heterocycles. The number of carbonyl (C=O) groups is 5. The minimum Gasteiger partial charge on any atom is -0.321 e. The Kier molecular flexibility index (Phi) is 5.05. The van der Waals surface area contributed by atoms with E-state index in [1.54, 1.807) is 0 Å². The molecule has 2 aromatic rings. The molecule has 0 radical (unpaired) electrons. The molecule has 0 bridgehead atoms. The van der Waals surface area contributed by atoms with Crippen LogP contribution in [0.4, 0.5) is 14.5 Å². The Bertz CT molecular complexity index is 1130. The number of alkyl halides is 2. The minimum atomic E-state index is -2.67. The lowest BCUT2D eigenvalue weighted by molar-refractivity contribution is -0.136. The van der Waals surface area contributed by atoms with Crippen LogP contribution in [0.5, 0.6) is 0 Å². The van der Waals surface area contributed by atoms with Crippen LogP contribution < -0.4 is 10.6 Å². The molecule has 0 saturated carbocycles. The molecule has 1 atom stereocenters. The molecule has 4 rings (SSSR count). The molecule has 2 heterocycles. The summed E-state index contributed by atoms with van der Waals surface area (Å²) in [5.74, 6) is -3.35. The van der Waals surface area contributed by atoms with Crippen molar-refractivity contribution in [3.8, 4) is 0 Å². The highest BCUT2D eigenvalue weighted by Crippen LogP contribution is 2.32. The first-order valence-corrected chi connectivity index (χ1v) is 9.32. The lowest BCUT2D eigenvalue weighted by atomic mass is 10.0. The summed E-state index contributed by atoms with van der Waals surface area (Å²) in [4.78, 5) is 62.7. The third kappa shape index (κ3) is 3.56. The number of halogens is 2. The summed E-state index contributed by atoms with van der Waals surface area (Å²) in [6.45, 7) is 0. The van der Waals surface area contributed by atoms with E-state index >= 15 is 0 Å². The molecule has 31 heavy (non-hydrogen) atoms. The van der Waals surface area contributed by atoms with E-state index in [1.165, 1.54) is 30.3 Å². The van der Waals surface area contributed by atoms with Gasteiger partial charge in [0.15, 0.2) is 0 Å². The van der Waals surface area contributed by atoms with E-state index in [4.69, 9.17) is 0 Å². The maximum absolute atomic E-state index is 13.0. The highest BCUT2D eigenvalue weighted by Gasteiger charge is 2.45. The van der Waals surface area contributed by atoms with Crippen LogP contribution in [-0.4, -0.2) is 40.5 Å². The number of nitrogens with zero attached hydrogens (tertiary/aromatic N) is 1. The van der Waals surface area contributed by atoms with Crippen molar-refractivity contribution >= 4 is 35.2 Å². The predicted octanol–water partition coefficient (Wildman–Crippen LogP) is 2.28. The van der Waals surface area contributed by atoms with Crippen LogP contribution in [0.2, 0.25) is 0 Å². The average Bonchev–Trinajstić information content (AvgIpc) is 2.99. The van der Waals surface area contributed by atoms with E-state index in [0.717, 1.165) is 17.0 Å². The smallest absolute Gasteiger partial charge is 0.264 e. The number of rotatable bonds is 4. The summed E-state index contributed by atoms with van der Waals surface area (Å²) in [5, 5.41) is 4.63. The molecule has 158 valence electrons. The Morgan fingerprint density at radius 2 is 1.74 bits per heavy atom. The van der Waals surface area contributed by atoms with Gasteiger partial charge in [-0.2, -0.15) is 0 Å². The zero-order chi connectivity index (χ0) is 22.3. The molecular weight excluding hydrogens is 412 g/mol. The number of piperidine rings is 1. The van der Waals surface area contributed by atoms with Crippen molar-refractivity contribution in [3.63, 3.8) is 0 Å². The van der Waals surface area contributed by atoms with E-state index in [1.807, 2.05) is 0 Å². The van der Waals surface area contributed by atoms with Crippen molar-refractivity contribution in [2.75, 3.05) is 5.32 Å². The zero-order valence-corrected chi connectivity index (χ0v) is 15.9. The molecule has 10 heteroatoms. The maximum Gasteiger partial charge on any atom is 0.264 e. The fourth-order valence-electron chi connectivity index (χ4n) is 3.59. The Morgan fingerprint density at radius 3 is 2.39 bits per heavy atom. The highest BCUT2D eigenvalue weighted by atomic mass is 19.3. The van der Waals surface area contributed by atoms with E-state index < -0.39 is 42.0 Å². The first-order chi connectivity index (χ1) is 14.8. The second kappa shape index (κ2) is 7.71. The number of amides is 5. The number of hydrogen-bond donors (Lipinski definition) is 2. The van der Waals surface area contributed by atoms with Gasteiger partial charge in [0.25, 0.3) is 24.1 Å². The monoisotopic (exact) mass is 427 g/mol. The van der Waals surface area contributed by atoms with E-state index in [-0.39, 0.29) is 40.8 Å². The Morgan fingerprint density at radius 1 is 1.03 bits per heavy atom. The summed E-state index contributed by atoms with van der Waals surface area (Å²) in [6.07, 6.45) is -2.67. The lowest BCUT2D eigenvalue weighted by Gasteiger charge is -2.27. The molecule has 1 fully saturated rings. The predicted molar refractivity (Wildman–Crippen MR) is 102 cm³/mol. The molecule has 1 unspecified atom stereocenters. The minimum absolute atomic E-state index is 0.00825. The number of carbonyl (C=O) groups excluding carboxylic acids is 5. The van der Waals surface area contributed by atoms with Crippen molar-refractivity contribution < 1.29 is 32.8 Å². The largest absolute Gasteiger partial charge is 0.321 e. The molecule has 8 nitrogen and oxygen atoms in total.